The fourth-order valence-corrected chi connectivity index (χ4v) is 7.74. The first-order chi connectivity index (χ1) is 25.8. The average Bonchev–Trinajstić information content (AvgIpc) is 3.61. The quantitative estimate of drug-likeness (QED) is 0.165. The van der Waals surface area contributed by atoms with E-state index in [4.69, 9.17) is 4.42 Å². The van der Waals surface area contributed by atoms with Crippen LogP contribution in [0.15, 0.2) is 205 Å². The highest BCUT2D eigenvalue weighted by Crippen LogP contribution is 2.43. The topological polar surface area (TPSA) is 16.4 Å². The number of fused-ring (bicyclic) bond motifs is 6. The monoisotopic (exact) mass is 663 g/mol. The summed E-state index contributed by atoms with van der Waals surface area (Å²) in [5.74, 6) is 0. The summed E-state index contributed by atoms with van der Waals surface area (Å²) in [6.45, 7) is 0. The van der Waals surface area contributed by atoms with Gasteiger partial charge in [-0.2, -0.15) is 0 Å². The van der Waals surface area contributed by atoms with E-state index in [0.29, 0.717) is 0 Å². The summed E-state index contributed by atoms with van der Waals surface area (Å²) < 4.78 is 6.33. The molecule has 0 amide bonds. The molecule has 0 unspecified atom stereocenters. The van der Waals surface area contributed by atoms with Crippen LogP contribution >= 0.6 is 0 Å². The number of nitrogens with zero attached hydrogens (tertiary/aromatic N) is 1. The Hall–Kier alpha value is -6.90. The van der Waals surface area contributed by atoms with E-state index in [0.717, 1.165) is 39.0 Å². The fraction of sp³-hybridized carbons (Fsp3) is 0. The average molecular weight is 664 g/mol. The molecule has 0 aliphatic carbocycles. The first kappa shape index (κ1) is 30.0. The maximum absolute atomic E-state index is 6.33. The Kier molecular flexibility index (Phi) is 7.18. The lowest BCUT2D eigenvalue weighted by Gasteiger charge is -2.26. The third-order valence-corrected chi connectivity index (χ3v) is 10.3. The predicted molar refractivity (Wildman–Crippen MR) is 220 cm³/mol. The maximum atomic E-state index is 6.33. The third-order valence-electron chi connectivity index (χ3n) is 10.3. The molecule has 0 radical (unpaired) electrons. The highest BCUT2D eigenvalue weighted by Gasteiger charge is 2.19. The van der Waals surface area contributed by atoms with Gasteiger partial charge in [-0.1, -0.05) is 158 Å². The zero-order chi connectivity index (χ0) is 34.4. The second-order valence-electron chi connectivity index (χ2n) is 13.3. The van der Waals surface area contributed by atoms with Crippen molar-refractivity contribution >= 4 is 60.5 Å². The van der Waals surface area contributed by atoms with Crippen LogP contribution in [0.3, 0.4) is 0 Å². The van der Waals surface area contributed by atoms with Gasteiger partial charge in [-0.15, -0.1) is 0 Å². The fourth-order valence-electron chi connectivity index (χ4n) is 7.74. The van der Waals surface area contributed by atoms with E-state index in [9.17, 15) is 0 Å². The second kappa shape index (κ2) is 12.5. The Bertz CT molecular complexity index is 2870. The molecule has 244 valence electrons. The van der Waals surface area contributed by atoms with Gasteiger partial charge in [0.1, 0.15) is 11.2 Å². The van der Waals surface area contributed by atoms with Gasteiger partial charge in [0.2, 0.25) is 0 Å². The van der Waals surface area contributed by atoms with E-state index in [2.05, 4.69) is 193 Å². The first-order valence-corrected chi connectivity index (χ1v) is 17.8. The van der Waals surface area contributed by atoms with Crippen molar-refractivity contribution in [3.05, 3.63) is 200 Å². The summed E-state index contributed by atoms with van der Waals surface area (Å²) in [4.78, 5) is 2.34. The normalized spacial score (nSPS) is 11.5. The first-order valence-electron chi connectivity index (χ1n) is 17.8. The van der Waals surface area contributed by atoms with Crippen LogP contribution in [-0.2, 0) is 0 Å². The van der Waals surface area contributed by atoms with Crippen molar-refractivity contribution in [1.29, 1.82) is 0 Å². The Balaban J connectivity index is 1.03. The predicted octanol–water partition coefficient (Wildman–Crippen LogP) is 14.4. The Labute approximate surface area is 302 Å². The van der Waals surface area contributed by atoms with Crippen LogP contribution in [0.5, 0.6) is 0 Å². The summed E-state index contributed by atoms with van der Waals surface area (Å²) in [7, 11) is 0. The van der Waals surface area contributed by atoms with Gasteiger partial charge >= 0.3 is 0 Å². The molecule has 0 saturated heterocycles. The number of hydrogen-bond donors (Lipinski definition) is 0. The summed E-state index contributed by atoms with van der Waals surface area (Å²) in [5, 5.41) is 7.33. The molecule has 0 bridgehead atoms. The summed E-state index contributed by atoms with van der Waals surface area (Å²) >= 11 is 0. The number of rotatable bonds is 6. The molecule has 0 atom stereocenters. The van der Waals surface area contributed by atoms with Gasteiger partial charge < -0.3 is 9.32 Å². The van der Waals surface area contributed by atoms with Crippen LogP contribution in [0.25, 0.3) is 76.9 Å². The third kappa shape index (κ3) is 5.12. The van der Waals surface area contributed by atoms with Crippen molar-refractivity contribution in [1.82, 2.24) is 0 Å². The van der Waals surface area contributed by atoms with E-state index in [1.54, 1.807) is 0 Å². The zero-order valence-electron chi connectivity index (χ0n) is 28.4. The van der Waals surface area contributed by atoms with Crippen molar-refractivity contribution in [2.75, 3.05) is 4.90 Å². The maximum Gasteiger partial charge on any atom is 0.137 e. The molecule has 2 heteroatoms. The molecule has 0 saturated carbocycles. The molecule has 10 aromatic rings. The van der Waals surface area contributed by atoms with Crippen molar-refractivity contribution in [2.24, 2.45) is 0 Å². The summed E-state index contributed by atoms with van der Waals surface area (Å²) in [5.41, 5.74) is 12.2. The zero-order valence-corrected chi connectivity index (χ0v) is 28.4. The van der Waals surface area contributed by atoms with Gasteiger partial charge in [0.05, 0.1) is 11.1 Å². The number of para-hydroxylation sites is 1. The molecule has 0 fully saturated rings. The molecular weight excluding hydrogens is 631 g/mol. The van der Waals surface area contributed by atoms with Crippen LogP contribution in [0.1, 0.15) is 0 Å². The molecule has 9 aromatic carbocycles. The number of hydrogen-bond acceptors (Lipinski definition) is 2. The van der Waals surface area contributed by atoms with Crippen LogP contribution < -0.4 is 4.90 Å². The van der Waals surface area contributed by atoms with E-state index in [-0.39, 0.29) is 0 Å². The van der Waals surface area contributed by atoms with Crippen molar-refractivity contribution in [3.63, 3.8) is 0 Å². The highest BCUT2D eigenvalue weighted by atomic mass is 16.3. The van der Waals surface area contributed by atoms with Gasteiger partial charge in [-0.05, 0) is 97.4 Å². The Morgan fingerprint density at radius 1 is 0.308 bits per heavy atom. The summed E-state index contributed by atoms with van der Waals surface area (Å²) in [6.07, 6.45) is 0. The molecule has 10 rings (SSSR count). The lowest BCUT2D eigenvalue weighted by Crippen LogP contribution is -2.10. The smallest absolute Gasteiger partial charge is 0.137 e. The van der Waals surface area contributed by atoms with E-state index >= 15 is 0 Å². The number of furan rings is 1. The summed E-state index contributed by atoms with van der Waals surface area (Å²) in [6, 6.07) is 71.6. The molecule has 0 aliphatic heterocycles. The van der Waals surface area contributed by atoms with E-state index in [1.165, 1.54) is 54.9 Å². The van der Waals surface area contributed by atoms with Crippen molar-refractivity contribution < 1.29 is 4.42 Å². The Morgan fingerprint density at radius 3 is 1.58 bits per heavy atom. The lowest BCUT2D eigenvalue weighted by molar-refractivity contribution is 0.669. The van der Waals surface area contributed by atoms with Crippen molar-refractivity contribution in [3.8, 4) is 33.4 Å². The van der Waals surface area contributed by atoms with Gasteiger partial charge in [0.15, 0.2) is 0 Å². The minimum absolute atomic E-state index is 0.876. The van der Waals surface area contributed by atoms with Gasteiger partial charge in [-0.3, -0.25) is 0 Å². The highest BCUT2D eigenvalue weighted by molar-refractivity contribution is 6.14. The van der Waals surface area contributed by atoms with Crippen LogP contribution in [0.4, 0.5) is 17.1 Å². The molecule has 0 aliphatic rings. The number of anilines is 3. The van der Waals surface area contributed by atoms with Gasteiger partial charge in [-0.25, -0.2) is 0 Å². The second-order valence-corrected chi connectivity index (χ2v) is 13.3. The van der Waals surface area contributed by atoms with Crippen molar-refractivity contribution in [2.45, 2.75) is 0 Å². The SMILES string of the molecule is c1ccc(-c2ccc(N(c3ccc(-c4ccc(-c5cccc6c5ccc5ccccc56)cc4)cc3)c3cccc4oc5ccccc5c34)cc2)cc1. The minimum atomic E-state index is 0.876. The number of benzene rings is 9. The van der Waals surface area contributed by atoms with E-state index < -0.39 is 0 Å². The largest absolute Gasteiger partial charge is 0.456 e. The van der Waals surface area contributed by atoms with Gasteiger partial charge in [0.25, 0.3) is 0 Å². The molecule has 52 heavy (non-hydrogen) atoms. The standard InChI is InChI=1S/C50H33NO/c1-2-10-34(11-3-1)36-24-29-40(30-25-36)51(47-17-9-19-49-50(47)46-14-6-7-18-48(46)52-49)41-31-26-37(27-32-41)35-20-22-39(23-21-35)43-15-8-16-44-42-13-5-4-12-38(42)28-33-45(43)44/h1-33H. The molecule has 1 aromatic heterocycles. The lowest BCUT2D eigenvalue weighted by atomic mass is 9.93. The van der Waals surface area contributed by atoms with Crippen LogP contribution in [-0.4, -0.2) is 0 Å². The molecule has 1 heterocycles. The van der Waals surface area contributed by atoms with E-state index in [1.807, 2.05) is 12.1 Å². The minimum Gasteiger partial charge on any atom is -0.456 e. The van der Waals surface area contributed by atoms with Crippen LogP contribution in [0, 0.1) is 0 Å². The molecule has 2 nitrogen and oxygen atoms in total. The van der Waals surface area contributed by atoms with Crippen LogP contribution in [0.2, 0.25) is 0 Å². The molecule has 0 spiro atoms. The Morgan fingerprint density at radius 2 is 0.846 bits per heavy atom. The van der Waals surface area contributed by atoms with Gasteiger partial charge in [0, 0.05) is 16.8 Å². The molecular formula is C50H33NO. The molecule has 0 N–H and O–H groups in total.